The van der Waals surface area contributed by atoms with Crippen LogP contribution in [-0.4, -0.2) is 74.2 Å². The maximum Gasteiger partial charge on any atom is 0.191 e. The molecule has 0 spiro atoms. The van der Waals surface area contributed by atoms with Crippen LogP contribution in [0, 0.1) is 0 Å². The fourth-order valence-corrected chi connectivity index (χ4v) is 3.00. The molecule has 2 N–H and O–H groups in total. The SMILES string of the molecule is CCN(CC)CCCNC(=NC)NC1CCN(C(C)C)CC1. The summed E-state index contributed by atoms with van der Waals surface area (Å²) in [6.07, 6.45) is 3.57. The second-order valence-electron chi connectivity index (χ2n) is 6.43. The summed E-state index contributed by atoms with van der Waals surface area (Å²) in [6, 6.07) is 1.22. The Kier molecular flexibility index (Phi) is 9.48. The van der Waals surface area contributed by atoms with Gasteiger partial charge < -0.3 is 20.4 Å². The minimum Gasteiger partial charge on any atom is -0.356 e. The summed E-state index contributed by atoms with van der Waals surface area (Å²) >= 11 is 0. The Labute approximate surface area is 137 Å². The zero-order valence-electron chi connectivity index (χ0n) is 15.4. The Balaban J connectivity index is 2.20. The summed E-state index contributed by atoms with van der Waals surface area (Å²) in [7, 11) is 1.86. The molecule has 1 fully saturated rings. The summed E-state index contributed by atoms with van der Waals surface area (Å²) in [5.41, 5.74) is 0. The van der Waals surface area contributed by atoms with Gasteiger partial charge in [-0.25, -0.2) is 0 Å². The number of likely N-dealkylation sites (tertiary alicyclic amines) is 1. The van der Waals surface area contributed by atoms with Crippen molar-refractivity contribution in [3.8, 4) is 0 Å². The summed E-state index contributed by atoms with van der Waals surface area (Å²) in [5.74, 6) is 0.961. The van der Waals surface area contributed by atoms with Crippen molar-refractivity contribution in [3.05, 3.63) is 0 Å². The predicted octanol–water partition coefficient (Wildman–Crippen LogP) is 1.76. The standard InChI is InChI=1S/C17H37N5/c1-6-21(7-2)12-8-11-19-17(18-5)20-16-9-13-22(14-10-16)15(3)4/h15-16H,6-14H2,1-5H3,(H2,18,19,20). The fraction of sp³-hybridized carbons (Fsp3) is 0.941. The third kappa shape index (κ3) is 6.97. The largest absolute Gasteiger partial charge is 0.356 e. The van der Waals surface area contributed by atoms with Gasteiger partial charge in [-0.1, -0.05) is 13.8 Å². The van der Waals surface area contributed by atoms with E-state index in [1.165, 1.54) is 25.9 Å². The van der Waals surface area contributed by atoms with Gasteiger partial charge in [0.25, 0.3) is 0 Å². The molecule has 130 valence electrons. The van der Waals surface area contributed by atoms with E-state index in [4.69, 9.17) is 0 Å². The molecule has 5 nitrogen and oxygen atoms in total. The summed E-state index contributed by atoms with van der Waals surface area (Å²) in [6.45, 7) is 15.8. The molecule has 0 aromatic rings. The molecule has 0 aliphatic carbocycles. The molecule has 1 aliphatic rings. The molecule has 1 rings (SSSR count). The Morgan fingerprint density at radius 2 is 1.86 bits per heavy atom. The van der Waals surface area contributed by atoms with Crippen molar-refractivity contribution in [1.82, 2.24) is 20.4 Å². The second kappa shape index (κ2) is 10.8. The van der Waals surface area contributed by atoms with Crippen molar-refractivity contribution in [3.63, 3.8) is 0 Å². The van der Waals surface area contributed by atoms with Crippen LogP contribution in [0.1, 0.15) is 47.0 Å². The first-order valence-corrected chi connectivity index (χ1v) is 9.04. The first-order valence-electron chi connectivity index (χ1n) is 9.04. The number of piperidine rings is 1. The molecule has 0 bridgehead atoms. The topological polar surface area (TPSA) is 42.9 Å². The smallest absolute Gasteiger partial charge is 0.191 e. The molecule has 5 heteroatoms. The predicted molar refractivity (Wildman–Crippen MR) is 96.6 cm³/mol. The van der Waals surface area contributed by atoms with Crippen molar-refractivity contribution in [2.75, 3.05) is 46.3 Å². The number of rotatable bonds is 8. The van der Waals surface area contributed by atoms with E-state index in [0.717, 1.165) is 38.6 Å². The first kappa shape index (κ1) is 19.2. The van der Waals surface area contributed by atoms with Crippen LogP contribution in [0.4, 0.5) is 0 Å². The molecule has 1 saturated heterocycles. The van der Waals surface area contributed by atoms with E-state index >= 15 is 0 Å². The van der Waals surface area contributed by atoms with Crippen molar-refractivity contribution in [2.45, 2.75) is 59.0 Å². The number of nitrogens with one attached hydrogen (secondary N) is 2. The van der Waals surface area contributed by atoms with Gasteiger partial charge in [0, 0.05) is 38.8 Å². The molecule has 1 heterocycles. The molecule has 0 unspecified atom stereocenters. The van der Waals surface area contributed by atoms with Gasteiger partial charge in [0.2, 0.25) is 0 Å². The van der Waals surface area contributed by atoms with Crippen LogP contribution in [0.5, 0.6) is 0 Å². The molecule has 22 heavy (non-hydrogen) atoms. The zero-order chi connectivity index (χ0) is 16.4. The van der Waals surface area contributed by atoms with E-state index in [1.807, 2.05) is 7.05 Å². The highest BCUT2D eigenvalue weighted by atomic mass is 15.2. The Bertz CT molecular complexity index is 304. The molecule has 0 atom stereocenters. The van der Waals surface area contributed by atoms with Crippen LogP contribution in [0.2, 0.25) is 0 Å². The van der Waals surface area contributed by atoms with Crippen molar-refractivity contribution in [1.29, 1.82) is 0 Å². The molecule has 0 aromatic carbocycles. The third-order valence-corrected chi connectivity index (χ3v) is 4.66. The van der Waals surface area contributed by atoms with Gasteiger partial charge in [-0.3, -0.25) is 4.99 Å². The van der Waals surface area contributed by atoms with Crippen molar-refractivity contribution >= 4 is 5.96 Å². The van der Waals surface area contributed by atoms with E-state index in [9.17, 15) is 0 Å². The van der Waals surface area contributed by atoms with Crippen molar-refractivity contribution < 1.29 is 0 Å². The van der Waals surface area contributed by atoms with Gasteiger partial charge >= 0.3 is 0 Å². The first-order chi connectivity index (χ1) is 10.6. The summed E-state index contributed by atoms with van der Waals surface area (Å²) < 4.78 is 0. The maximum absolute atomic E-state index is 4.36. The number of hydrogen-bond acceptors (Lipinski definition) is 3. The van der Waals surface area contributed by atoms with Crippen LogP contribution < -0.4 is 10.6 Å². The lowest BCUT2D eigenvalue weighted by Gasteiger charge is -2.35. The van der Waals surface area contributed by atoms with E-state index in [2.05, 4.69) is 53.1 Å². The maximum atomic E-state index is 4.36. The number of nitrogens with zero attached hydrogens (tertiary/aromatic N) is 3. The lowest BCUT2D eigenvalue weighted by Crippen LogP contribution is -2.50. The molecule has 0 radical (unpaired) electrons. The fourth-order valence-electron chi connectivity index (χ4n) is 3.00. The van der Waals surface area contributed by atoms with Gasteiger partial charge in [0.1, 0.15) is 0 Å². The lowest BCUT2D eigenvalue weighted by atomic mass is 10.0. The highest BCUT2D eigenvalue weighted by Crippen LogP contribution is 2.12. The van der Waals surface area contributed by atoms with E-state index < -0.39 is 0 Å². The minimum absolute atomic E-state index is 0.559. The molecule has 0 aromatic heterocycles. The second-order valence-corrected chi connectivity index (χ2v) is 6.43. The average Bonchev–Trinajstić information content (AvgIpc) is 2.54. The van der Waals surface area contributed by atoms with Crippen LogP contribution in [0.25, 0.3) is 0 Å². The van der Waals surface area contributed by atoms with Gasteiger partial charge in [-0.2, -0.15) is 0 Å². The number of aliphatic imine (C=N–C) groups is 1. The van der Waals surface area contributed by atoms with Crippen LogP contribution >= 0.6 is 0 Å². The van der Waals surface area contributed by atoms with Crippen LogP contribution in [-0.2, 0) is 0 Å². The van der Waals surface area contributed by atoms with Crippen LogP contribution in [0.3, 0.4) is 0 Å². The number of hydrogen-bond donors (Lipinski definition) is 2. The number of guanidine groups is 1. The van der Waals surface area contributed by atoms with Gasteiger partial charge in [0.05, 0.1) is 0 Å². The Hall–Kier alpha value is -0.810. The molecule has 0 amide bonds. The minimum atomic E-state index is 0.559. The van der Waals surface area contributed by atoms with Gasteiger partial charge in [0.15, 0.2) is 5.96 Å². The summed E-state index contributed by atoms with van der Waals surface area (Å²) in [5, 5.41) is 7.03. The highest BCUT2D eigenvalue weighted by Gasteiger charge is 2.21. The zero-order valence-corrected chi connectivity index (χ0v) is 15.4. The molecular weight excluding hydrogens is 274 g/mol. The van der Waals surface area contributed by atoms with Gasteiger partial charge in [-0.15, -0.1) is 0 Å². The quantitative estimate of drug-likeness (QED) is 0.407. The van der Waals surface area contributed by atoms with E-state index in [0.29, 0.717) is 12.1 Å². The highest BCUT2D eigenvalue weighted by molar-refractivity contribution is 5.79. The normalized spacial score (nSPS) is 18.2. The van der Waals surface area contributed by atoms with Gasteiger partial charge in [-0.05, 0) is 52.7 Å². The van der Waals surface area contributed by atoms with E-state index in [1.54, 1.807) is 0 Å². The third-order valence-electron chi connectivity index (χ3n) is 4.66. The Morgan fingerprint density at radius 3 is 2.36 bits per heavy atom. The molecule has 1 aliphatic heterocycles. The van der Waals surface area contributed by atoms with Crippen molar-refractivity contribution in [2.24, 2.45) is 4.99 Å². The Morgan fingerprint density at radius 1 is 1.23 bits per heavy atom. The lowest BCUT2D eigenvalue weighted by molar-refractivity contribution is 0.167. The van der Waals surface area contributed by atoms with Crippen LogP contribution in [0.15, 0.2) is 4.99 Å². The monoisotopic (exact) mass is 311 g/mol. The average molecular weight is 312 g/mol. The molecule has 0 saturated carbocycles. The summed E-state index contributed by atoms with van der Waals surface area (Å²) in [4.78, 5) is 9.37. The molecular formula is C17H37N5. The van der Waals surface area contributed by atoms with E-state index in [-0.39, 0.29) is 0 Å².